The molecule has 1 atom stereocenters. The molecule has 1 heterocycles. The highest BCUT2D eigenvalue weighted by Gasteiger charge is 2.20. The first-order valence-electron chi connectivity index (χ1n) is 9.10. The number of ether oxygens (including phenoxy) is 2. The summed E-state index contributed by atoms with van der Waals surface area (Å²) in [5.41, 5.74) is 0. The summed E-state index contributed by atoms with van der Waals surface area (Å²) in [6, 6.07) is 4.67. The average Bonchev–Trinajstić information content (AvgIpc) is 2.83. The molecule has 0 fully saturated rings. The molecule has 0 saturated carbocycles. The highest BCUT2D eigenvalue weighted by molar-refractivity contribution is 7.89. The third-order valence-corrected chi connectivity index (χ3v) is 5.98. The minimum Gasteiger partial charge on any atom is -0.490 e. The van der Waals surface area contributed by atoms with Crippen molar-refractivity contribution in [3.8, 4) is 11.5 Å². The van der Waals surface area contributed by atoms with Crippen LogP contribution in [0.4, 0.5) is 0 Å². The molecule has 0 aromatic heterocycles. The lowest BCUT2D eigenvalue weighted by atomic mass is 10.2. The molecular formula is C18H31ClN2O4S. The summed E-state index contributed by atoms with van der Waals surface area (Å²) in [5, 5.41) is 0. The molecular weight excluding hydrogens is 376 g/mol. The first kappa shape index (κ1) is 23.0. The van der Waals surface area contributed by atoms with Gasteiger partial charge in [-0.15, -0.1) is 12.4 Å². The second-order valence-electron chi connectivity index (χ2n) is 6.35. The van der Waals surface area contributed by atoms with Gasteiger partial charge in [0.15, 0.2) is 11.5 Å². The maximum Gasteiger partial charge on any atom is 0.240 e. The number of nitrogens with one attached hydrogen (secondary N) is 1. The van der Waals surface area contributed by atoms with Gasteiger partial charge in [0.1, 0.15) is 0 Å². The Bertz CT molecular complexity index is 651. The van der Waals surface area contributed by atoms with Crippen molar-refractivity contribution in [2.24, 2.45) is 0 Å². The summed E-state index contributed by atoms with van der Waals surface area (Å²) in [5.74, 6) is 1.10. The van der Waals surface area contributed by atoms with Gasteiger partial charge in [0.05, 0.1) is 18.1 Å². The lowest BCUT2D eigenvalue weighted by Gasteiger charge is -2.20. The molecule has 150 valence electrons. The summed E-state index contributed by atoms with van der Waals surface area (Å²) < 4.78 is 39.1. The highest BCUT2D eigenvalue weighted by atomic mass is 35.5. The molecule has 6 nitrogen and oxygen atoms in total. The second-order valence-corrected chi connectivity index (χ2v) is 8.06. The monoisotopic (exact) mass is 406 g/mol. The number of benzene rings is 1. The van der Waals surface area contributed by atoms with E-state index in [4.69, 9.17) is 9.47 Å². The Hall–Kier alpha value is -1.02. The molecule has 0 radical (unpaired) electrons. The lowest BCUT2D eigenvalue weighted by molar-refractivity contribution is 0.293. The standard InChI is InChI=1S/C18H30N2O4S.ClH/c1-4-20(5-2)11-6-8-15(3)19-25(21,22)16-9-10-17-18(14-16)24-13-7-12-23-17;/h9-10,14-15,19H,4-8,11-13H2,1-3H3;1H. The van der Waals surface area contributed by atoms with Gasteiger partial charge in [-0.25, -0.2) is 13.1 Å². The summed E-state index contributed by atoms with van der Waals surface area (Å²) in [7, 11) is -3.57. The molecule has 8 heteroatoms. The van der Waals surface area contributed by atoms with Gasteiger partial charge in [-0.3, -0.25) is 0 Å². The van der Waals surface area contributed by atoms with Gasteiger partial charge in [0.2, 0.25) is 10.0 Å². The van der Waals surface area contributed by atoms with Crippen LogP contribution in [0.2, 0.25) is 0 Å². The molecule has 1 aromatic rings. The molecule has 1 aromatic carbocycles. The number of hydrogen-bond donors (Lipinski definition) is 1. The summed E-state index contributed by atoms with van der Waals surface area (Å²) in [4.78, 5) is 2.55. The van der Waals surface area contributed by atoms with Crippen LogP contribution in [0.5, 0.6) is 11.5 Å². The van der Waals surface area contributed by atoms with Crippen LogP contribution in [0.25, 0.3) is 0 Å². The fourth-order valence-electron chi connectivity index (χ4n) is 2.86. The molecule has 0 aliphatic carbocycles. The van der Waals surface area contributed by atoms with Gasteiger partial charge in [-0.05, 0) is 51.5 Å². The van der Waals surface area contributed by atoms with Crippen LogP contribution >= 0.6 is 12.4 Å². The van der Waals surface area contributed by atoms with E-state index < -0.39 is 10.0 Å². The van der Waals surface area contributed by atoms with Crippen LogP contribution in [-0.2, 0) is 10.0 Å². The summed E-state index contributed by atoms with van der Waals surface area (Å²) in [6.07, 6.45) is 2.56. The molecule has 0 saturated heterocycles. The van der Waals surface area contributed by atoms with Gasteiger partial charge >= 0.3 is 0 Å². The van der Waals surface area contributed by atoms with Crippen molar-refractivity contribution in [3.63, 3.8) is 0 Å². The minimum absolute atomic E-state index is 0. The number of nitrogens with zero attached hydrogens (tertiary/aromatic N) is 1. The van der Waals surface area contributed by atoms with E-state index in [1.54, 1.807) is 18.2 Å². The van der Waals surface area contributed by atoms with Gasteiger partial charge in [-0.2, -0.15) is 0 Å². The molecule has 1 aliphatic rings. The zero-order valence-electron chi connectivity index (χ0n) is 15.9. The smallest absolute Gasteiger partial charge is 0.240 e. The second kappa shape index (κ2) is 11.0. The predicted molar refractivity (Wildman–Crippen MR) is 106 cm³/mol. The molecule has 0 spiro atoms. The van der Waals surface area contributed by atoms with Crippen molar-refractivity contribution in [2.75, 3.05) is 32.8 Å². The SMILES string of the molecule is CCN(CC)CCCC(C)NS(=O)(=O)c1ccc2c(c1)OCCCO2.Cl. The fourth-order valence-corrected chi connectivity index (χ4v) is 4.16. The van der Waals surface area contributed by atoms with E-state index in [9.17, 15) is 8.42 Å². The summed E-state index contributed by atoms with van der Waals surface area (Å²) in [6.45, 7) is 10.3. The number of halogens is 1. The Morgan fingerprint density at radius 3 is 2.46 bits per heavy atom. The topological polar surface area (TPSA) is 67.9 Å². The van der Waals surface area contributed by atoms with Crippen molar-refractivity contribution in [1.29, 1.82) is 0 Å². The first-order valence-corrected chi connectivity index (χ1v) is 10.6. The zero-order chi connectivity index (χ0) is 18.3. The third kappa shape index (κ3) is 6.61. The Kier molecular flexibility index (Phi) is 9.71. The van der Waals surface area contributed by atoms with E-state index in [1.807, 2.05) is 6.92 Å². The van der Waals surface area contributed by atoms with E-state index >= 15 is 0 Å². The van der Waals surface area contributed by atoms with Crippen molar-refractivity contribution < 1.29 is 17.9 Å². The van der Waals surface area contributed by atoms with Gasteiger partial charge < -0.3 is 14.4 Å². The van der Waals surface area contributed by atoms with E-state index in [2.05, 4.69) is 23.5 Å². The van der Waals surface area contributed by atoms with E-state index in [-0.39, 0.29) is 23.3 Å². The number of hydrogen-bond acceptors (Lipinski definition) is 5. The van der Waals surface area contributed by atoms with Crippen LogP contribution in [-0.4, -0.2) is 52.2 Å². The Morgan fingerprint density at radius 1 is 1.15 bits per heavy atom. The number of sulfonamides is 1. The number of fused-ring (bicyclic) bond motifs is 1. The first-order chi connectivity index (χ1) is 12.0. The fraction of sp³-hybridized carbons (Fsp3) is 0.667. The largest absolute Gasteiger partial charge is 0.490 e. The Labute approximate surface area is 163 Å². The maximum absolute atomic E-state index is 12.6. The van der Waals surface area contributed by atoms with Gasteiger partial charge in [0, 0.05) is 18.5 Å². The molecule has 0 amide bonds. The Morgan fingerprint density at radius 2 is 1.81 bits per heavy atom. The maximum atomic E-state index is 12.6. The minimum atomic E-state index is -3.57. The van der Waals surface area contributed by atoms with Crippen molar-refractivity contribution in [2.45, 2.75) is 51.0 Å². The molecule has 26 heavy (non-hydrogen) atoms. The molecule has 1 unspecified atom stereocenters. The van der Waals surface area contributed by atoms with Crippen LogP contribution in [0.1, 0.15) is 40.0 Å². The third-order valence-electron chi connectivity index (χ3n) is 4.39. The molecule has 2 rings (SSSR count). The van der Waals surface area contributed by atoms with Crippen LogP contribution < -0.4 is 14.2 Å². The molecule has 1 N–H and O–H groups in total. The van der Waals surface area contributed by atoms with E-state index in [1.165, 1.54) is 0 Å². The van der Waals surface area contributed by atoms with Crippen molar-refractivity contribution in [3.05, 3.63) is 18.2 Å². The van der Waals surface area contributed by atoms with Gasteiger partial charge in [-0.1, -0.05) is 13.8 Å². The average molecular weight is 407 g/mol. The Balaban J connectivity index is 0.00000338. The van der Waals surface area contributed by atoms with E-state index in [0.717, 1.165) is 38.9 Å². The van der Waals surface area contributed by atoms with Crippen LogP contribution in [0.3, 0.4) is 0 Å². The summed E-state index contributed by atoms with van der Waals surface area (Å²) >= 11 is 0. The van der Waals surface area contributed by atoms with E-state index in [0.29, 0.717) is 24.7 Å². The zero-order valence-corrected chi connectivity index (χ0v) is 17.5. The van der Waals surface area contributed by atoms with Crippen molar-refractivity contribution in [1.82, 2.24) is 9.62 Å². The van der Waals surface area contributed by atoms with Crippen LogP contribution in [0, 0.1) is 0 Å². The highest BCUT2D eigenvalue weighted by Crippen LogP contribution is 2.31. The number of rotatable bonds is 9. The van der Waals surface area contributed by atoms with Crippen molar-refractivity contribution >= 4 is 22.4 Å². The molecule has 0 bridgehead atoms. The quantitative estimate of drug-likeness (QED) is 0.682. The normalized spacial score (nSPS) is 15.2. The lowest BCUT2D eigenvalue weighted by Crippen LogP contribution is -2.33. The van der Waals surface area contributed by atoms with Gasteiger partial charge in [0.25, 0.3) is 0 Å². The predicted octanol–water partition coefficient (Wildman–Crippen LogP) is 3.06. The van der Waals surface area contributed by atoms with Crippen LogP contribution in [0.15, 0.2) is 23.1 Å². The molecule has 1 aliphatic heterocycles.